The molecule has 1 aromatic carbocycles. The van der Waals surface area contributed by atoms with Crippen molar-refractivity contribution < 1.29 is 14.3 Å². The molecule has 7 nitrogen and oxygen atoms in total. The maximum absolute atomic E-state index is 12.8. The van der Waals surface area contributed by atoms with Crippen molar-refractivity contribution in [2.24, 2.45) is 10.9 Å². The summed E-state index contributed by atoms with van der Waals surface area (Å²) >= 11 is 0. The van der Waals surface area contributed by atoms with Gasteiger partial charge in [-0.15, -0.1) is 24.0 Å². The molecule has 0 aromatic heterocycles. The fraction of sp³-hybridized carbons (Fsp3) is 0.565. The predicted molar refractivity (Wildman–Crippen MR) is 134 cm³/mol. The first-order valence-electron chi connectivity index (χ1n) is 10.9. The molecule has 1 amide bonds. The number of guanidine groups is 1. The molecule has 1 aromatic rings. The van der Waals surface area contributed by atoms with Crippen molar-refractivity contribution in [3.8, 4) is 5.75 Å². The van der Waals surface area contributed by atoms with Crippen LogP contribution in [0.4, 0.5) is 0 Å². The minimum Gasteiger partial charge on any atom is -0.489 e. The van der Waals surface area contributed by atoms with Gasteiger partial charge in [0, 0.05) is 44.2 Å². The first kappa shape index (κ1) is 25.5. The third-order valence-electron chi connectivity index (χ3n) is 5.53. The van der Waals surface area contributed by atoms with Crippen LogP contribution >= 0.6 is 24.0 Å². The number of nitrogens with zero attached hydrogens (tertiary/aromatic N) is 3. The molecule has 0 unspecified atom stereocenters. The van der Waals surface area contributed by atoms with E-state index in [2.05, 4.69) is 23.7 Å². The molecule has 2 fully saturated rings. The number of amides is 1. The summed E-state index contributed by atoms with van der Waals surface area (Å²) in [6.07, 6.45) is 3.46. The van der Waals surface area contributed by atoms with Crippen LogP contribution in [0.15, 0.2) is 41.9 Å². The van der Waals surface area contributed by atoms with Crippen molar-refractivity contribution >= 4 is 35.8 Å². The minimum atomic E-state index is 0. The van der Waals surface area contributed by atoms with Crippen LogP contribution < -0.4 is 10.1 Å². The van der Waals surface area contributed by atoms with Crippen molar-refractivity contribution in [3.63, 3.8) is 0 Å². The van der Waals surface area contributed by atoms with Gasteiger partial charge in [0.25, 0.3) is 0 Å². The van der Waals surface area contributed by atoms with Gasteiger partial charge in [0.05, 0.1) is 19.8 Å². The van der Waals surface area contributed by atoms with E-state index in [-0.39, 0.29) is 35.8 Å². The summed E-state index contributed by atoms with van der Waals surface area (Å²) in [5.74, 6) is 2.13. The number of piperidine rings is 1. The number of hydrogen-bond donors (Lipinski definition) is 1. The fourth-order valence-corrected chi connectivity index (χ4v) is 3.89. The summed E-state index contributed by atoms with van der Waals surface area (Å²) in [5.41, 5.74) is 1.05. The molecule has 0 atom stereocenters. The number of carbonyl (C=O) groups excluding carboxylic acids is 1. The van der Waals surface area contributed by atoms with E-state index in [1.165, 1.54) is 0 Å². The molecule has 2 aliphatic rings. The number of benzene rings is 1. The molecule has 0 spiro atoms. The highest BCUT2D eigenvalue weighted by molar-refractivity contribution is 14.0. The summed E-state index contributed by atoms with van der Waals surface area (Å²) in [7, 11) is 0. The van der Waals surface area contributed by atoms with Gasteiger partial charge in [-0.05, 0) is 25.8 Å². The normalized spacial score (nSPS) is 17.6. The molecule has 2 aliphatic heterocycles. The van der Waals surface area contributed by atoms with Gasteiger partial charge in [-0.1, -0.05) is 30.9 Å². The first-order valence-corrected chi connectivity index (χ1v) is 10.9. The van der Waals surface area contributed by atoms with E-state index < -0.39 is 0 Å². The second-order valence-corrected chi connectivity index (χ2v) is 7.58. The number of para-hydroxylation sites is 1. The Morgan fingerprint density at radius 3 is 2.61 bits per heavy atom. The minimum absolute atomic E-state index is 0. The Bertz CT molecular complexity index is 729. The summed E-state index contributed by atoms with van der Waals surface area (Å²) < 4.78 is 11.1. The van der Waals surface area contributed by atoms with Crippen molar-refractivity contribution in [2.45, 2.75) is 26.3 Å². The smallest absolute Gasteiger partial charge is 0.225 e. The number of morpholine rings is 1. The summed E-state index contributed by atoms with van der Waals surface area (Å²) in [5, 5.41) is 3.40. The third-order valence-corrected chi connectivity index (χ3v) is 5.53. The topological polar surface area (TPSA) is 66.4 Å². The Kier molecular flexibility index (Phi) is 11.1. The zero-order valence-electron chi connectivity index (χ0n) is 18.4. The van der Waals surface area contributed by atoms with E-state index in [1.54, 1.807) is 6.08 Å². The molecule has 0 saturated carbocycles. The monoisotopic (exact) mass is 542 g/mol. The van der Waals surface area contributed by atoms with Gasteiger partial charge in [0.1, 0.15) is 12.4 Å². The second kappa shape index (κ2) is 13.6. The molecule has 2 heterocycles. The van der Waals surface area contributed by atoms with E-state index in [4.69, 9.17) is 14.5 Å². The van der Waals surface area contributed by atoms with Gasteiger partial charge in [0.2, 0.25) is 5.91 Å². The van der Waals surface area contributed by atoms with Gasteiger partial charge >= 0.3 is 0 Å². The average molecular weight is 542 g/mol. The average Bonchev–Trinajstić information content (AvgIpc) is 2.81. The zero-order chi connectivity index (χ0) is 21.2. The number of carbonyl (C=O) groups is 1. The molecule has 1 N–H and O–H groups in total. The Labute approximate surface area is 202 Å². The molecular weight excluding hydrogens is 507 g/mol. The highest BCUT2D eigenvalue weighted by Crippen LogP contribution is 2.22. The first-order chi connectivity index (χ1) is 14.7. The van der Waals surface area contributed by atoms with Gasteiger partial charge in [-0.3, -0.25) is 4.79 Å². The van der Waals surface area contributed by atoms with Crippen LogP contribution in [-0.4, -0.2) is 74.2 Å². The molecule has 3 rings (SSSR count). The molecule has 31 heavy (non-hydrogen) atoms. The Morgan fingerprint density at radius 1 is 1.23 bits per heavy atom. The highest BCUT2D eigenvalue weighted by Gasteiger charge is 2.30. The van der Waals surface area contributed by atoms with Crippen LogP contribution in [0, 0.1) is 5.92 Å². The lowest BCUT2D eigenvalue weighted by molar-refractivity contribution is -0.140. The van der Waals surface area contributed by atoms with Gasteiger partial charge in [0.15, 0.2) is 5.96 Å². The van der Waals surface area contributed by atoms with E-state index in [0.29, 0.717) is 26.4 Å². The van der Waals surface area contributed by atoms with Crippen molar-refractivity contribution in [3.05, 3.63) is 42.5 Å². The Hall–Kier alpha value is -1.81. The number of aliphatic imine (C=N–C) groups is 1. The Balaban J connectivity index is 0.00000341. The van der Waals surface area contributed by atoms with E-state index >= 15 is 0 Å². The maximum atomic E-state index is 12.8. The van der Waals surface area contributed by atoms with E-state index in [0.717, 1.165) is 62.8 Å². The van der Waals surface area contributed by atoms with Crippen LogP contribution in [-0.2, 0) is 16.1 Å². The largest absolute Gasteiger partial charge is 0.489 e. The predicted octanol–water partition coefficient (Wildman–Crippen LogP) is 2.91. The van der Waals surface area contributed by atoms with Crippen LogP contribution in [0.3, 0.4) is 0 Å². The summed E-state index contributed by atoms with van der Waals surface area (Å²) in [4.78, 5) is 21.8. The molecule has 0 aliphatic carbocycles. The SMILES string of the molecule is C=CCOc1ccccc1CN=C(NCC)N1CCC(C(=O)N2CCOCC2)CC1.I. The third kappa shape index (κ3) is 7.38. The van der Waals surface area contributed by atoms with Crippen LogP contribution in [0.2, 0.25) is 0 Å². The summed E-state index contributed by atoms with van der Waals surface area (Å²) in [6.45, 7) is 12.0. The van der Waals surface area contributed by atoms with Crippen molar-refractivity contribution in [2.75, 3.05) is 52.5 Å². The molecule has 8 heteroatoms. The molecule has 172 valence electrons. The van der Waals surface area contributed by atoms with E-state index in [1.807, 2.05) is 29.2 Å². The lowest BCUT2D eigenvalue weighted by Crippen LogP contribution is -2.50. The quantitative estimate of drug-likeness (QED) is 0.249. The van der Waals surface area contributed by atoms with Gasteiger partial charge in [-0.25, -0.2) is 4.99 Å². The second-order valence-electron chi connectivity index (χ2n) is 7.58. The number of nitrogens with one attached hydrogen (secondary N) is 1. The van der Waals surface area contributed by atoms with E-state index in [9.17, 15) is 4.79 Å². The maximum Gasteiger partial charge on any atom is 0.225 e. The standard InChI is InChI=1S/C23H34N4O3.HI/c1-3-15-30-21-8-6-5-7-20(21)18-25-23(24-4-2)27-11-9-19(10-12-27)22(28)26-13-16-29-17-14-26;/h3,5-8,19H,1,4,9-18H2,2H3,(H,24,25);1H. The molecule has 0 radical (unpaired) electrons. The number of ether oxygens (including phenoxy) is 2. The molecule has 2 saturated heterocycles. The number of halogens is 1. The van der Waals surface area contributed by atoms with Crippen LogP contribution in [0.1, 0.15) is 25.3 Å². The fourth-order valence-electron chi connectivity index (χ4n) is 3.89. The van der Waals surface area contributed by atoms with Crippen molar-refractivity contribution in [1.82, 2.24) is 15.1 Å². The number of rotatable bonds is 7. The zero-order valence-corrected chi connectivity index (χ0v) is 20.8. The molecule has 0 bridgehead atoms. The van der Waals surface area contributed by atoms with Crippen molar-refractivity contribution in [1.29, 1.82) is 0 Å². The van der Waals surface area contributed by atoms with Gasteiger partial charge < -0.3 is 24.6 Å². The van der Waals surface area contributed by atoms with Crippen LogP contribution in [0.5, 0.6) is 5.75 Å². The number of hydrogen-bond acceptors (Lipinski definition) is 4. The summed E-state index contributed by atoms with van der Waals surface area (Å²) in [6, 6.07) is 7.97. The van der Waals surface area contributed by atoms with Gasteiger partial charge in [-0.2, -0.15) is 0 Å². The van der Waals surface area contributed by atoms with Crippen LogP contribution in [0.25, 0.3) is 0 Å². The molecular formula is C23H35IN4O3. The number of likely N-dealkylation sites (tertiary alicyclic amines) is 1. The lowest BCUT2D eigenvalue weighted by atomic mass is 9.95. The highest BCUT2D eigenvalue weighted by atomic mass is 127. The Morgan fingerprint density at radius 2 is 1.94 bits per heavy atom. The lowest BCUT2D eigenvalue weighted by Gasteiger charge is -2.36.